The molecule has 4 atom stereocenters. The predicted molar refractivity (Wildman–Crippen MR) is 82.8 cm³/mol. The molecule has 0 aromatic carbocycles. The highest BCUT2D eigenvalue weighted by atomic mass is 32.2. The molecule has 2 nitrogen and oxygen atoms in total. The fourth-order valence-electron chi connectivity index (χ4n) is 4.46. The molecule has 110 valence electrons. The lowest BCUT2D eigenvalue weighted by Crippen LogP contribution is -2.44. The van der Waals surface area contributed by atoms with Gasteiger partial charge in [-0.15, -0.1) is 0 Å². The second kappa shape index (κ2) is 6.36. The van der Waals surface area contributed by atoms with Gasteiger partial charge in [0.2, 0.25) is 0 Å². The molecule has 2 aliphatic heterocycles. The number of hydrogen-bond acceptors (Lipinski definition) is 3. The summed E-state index contributed by atoms with van der Waals surface area (Å²) in [6.07, 6.45) is 9.68. The Labute approximate surface area is 122 Å². The zero-order valence-electron chi connectivity index (χ0n) is 12.3. The lowest BCUT2D eigenvalue weighted by atomic mass is 9.71. The van der Waals surface area contributed by atoms with Gasteiger partial charge in [-0.3, -0.25) is 0 Å². The summed E-state index contributed by atoms with van der Waals surface area (Å²) < 4.78 is 6.19. The molecule has 3 heteroatoms. The minimum Gasteiger partial charge on any atom is -0.374 e. The van der Waals surface area contributed by atoms with E-state index in [1.807, 2.05) is 0 Å². The maximum Gasteiger partial charge on any atom is 0.0783 e. The molecule has 0 aromatic rings. The molecule has 1 N–H and O–H groups in total. The van der Waals surface area contributed by atoms with Gasteiger partial charge in [0.25, 0.3) is 0 Å². The number of nitrogens with one attached hydrogen (secondary N) is 1. The van der Waals surface area contributed by atoms with Gasteiger partial charge in [-0.05, 0) is 56.2 Å². The van der Waals surface area contributed by atoms with Crippen LogP contribution in [0.15, 0.2) is 0 Å². The van der Waals surface area contributed by atoms with Crippen molar-refractivity contribution >= 4 is 11.8 Å². The summed E-state index contributed by atoms with van der Waals surface area (Å²) in [6.45, 7) is 4.39. The Morgan fingerprint density at radius 2 is 2.21 bits per heavy atom. The van der Waals surface area contributed by atoms with Gasteiger partial charge in [0.05, 0.1) is 5.60 Å². The lowest BCUT2D eigenvalue weighted by molar-refractivity contribution is -0.0923. The molecule has 4 unspecified atom stereocenters. The fourth-order valence-corrected chi connectivity index (χ4v) is 5.84. The molecule has 0 amide bonds. The van der Waals surface area contributed by atoms with E-state index in [0.29, 0.717) is 0 Å². The summed E-state index contributed by atoms with van der Waals surface area (Å²) in [7, 11) is 0. The van der Waals surface area contributed by atoms with Crippen molar-refractivity contribution in [2.75, 3.05) is 24.7 Å². The molecule has 2 heterocycles. The summed E-state index contributed by atoms with van der Waals surface area (Å²) in [4.78, 5) is 0. The standard InChI is InChI=1S/C16H29NOS/c1-2-17-15-5-3-4-13(10-15)14-6-8-18-16(11-14)7-9-19-12-16/h13-15,17H,2-12H2,1H3. The first-order valence-electron chi connectivity index (χ1n) is 8.26. The number of rotatable bonds is 3. The van der Waals surface area contributed by atoms with Crippen molar-refractivity contribution in [3.05, 3.63) is 0 Å². The molecular weight excluding hydrogens is 254 g/mol. The Morgan fingerprint density at radius 3 is 3.00 bits per heavy atom. The van der Waals surface area contributed by atoms with Gasteiger partial charge in [-0.2, -0.15) is 11.8 Å². The van der Waals surface area contributed by atoms with E-state index in [1.165, 1.54) is 56.5 Å². The first-order valence-corrected chi connectivity index (χ1v) is 9.42. The minimum atomic E-state index is 0.277. The van der Waals surface area contributed by atoms with Crippen LogP contribution >= 0.6 is 11.8 Å². The average molecular weight is 283 g/mol. The van der Waals surface area contributed by atoms with Crippen LogP contribution in [0.3, 0.4) is 0 Å². The van der Waals surface area contributed by atoms with Crippen molar-refractivity contribution in [1.29, 1.82) is 0 Å². The molecular formula is C16H29NOS. The van der Waals surface area contributed by atoms with Gasteiger partial charge in [-0.25, -0.2) is 0 Å². The third-order valence-corrected chi connectivity index (χ3v) is 6.70. The van der Waals surface area contributed by atoms with Crippen LogP contribution in [-0.4, -0.2) is 36.3 Å². The number of thioether (sulfide) groups is 1. The van der Waals surface area contributed by atoms with Crippen LogP contribution in [0.5, 0.6) is 0 Å². The van der Waals surface area contributed by atoms with E-state index in [0.717, 1.165) is 31.0 Å². The van der Waals surface area contributed by atoms with Gasteiger partial charge in [-0.1, -0.05) is 19.8 Å². The molecule has 0 aromatic heterocycles. The third kappa shape index (κ3) is 3.30. The fraction of sp³-hybridized carbons (Fsp3) is 1.00. The maximum absolute atomic E-state index is 6.19. The van der Waals surface area contributed by atoms with E-state index >= 15 is 0 Å². The zero-order valence-corrected chi connectivity index (χ0v) is 13.1. The molecule has 1 aliphatic carbocycles. The van der Waals surface area contributed by atoms with Gasteiger partial charge in [0, 0.05) is 18.4 Å². The zero-order chi connectivity index (χ0) is 13.1. The van der Waals surface area contributed by atoms with Crippen LogP contribution in [0, 0.1) is 11.8 Å². The quantitative estimate of drug-likeness (QED) is 0.857. The van der Waals surface area contributed by atoms with Crippen LogP contribution in [0.4, 0.5) is 0 Å². The highest BCUT2D eigenvalue weighted by Gasteiger charge is 2.43. The second-order valence-electron chi connectivity index (χ2n) is 6.77. The van der Waals surface area contributed by atoms with E-state index in [2.05, 4.69) is 24.0 Å². The Balaban J connectivity index is 1.58. The summed E-state index contributed by atoms with van der Waals surface area (Å²) in [5.74, 6) is 4.47. The molecule has 0 bridgehead atoms. The number of ether oxygens (including phenoxy) is 1. The molecule has 1 spiro atoms. The third-order valence-electron chi connectivity index (χ3n) is 5.47. The topological polar surface area (TPSA) is 21.3 Å². The summed E-state index contributed by atoms with van der Waals surface area (Å²) in [6, 6.07) is 0.792. The monoisotopic (exact) mass is 283 g/mol. The van der Waals surface area contributed by atoms with Crippen LogP contribution < -0.4 is 5.32 Å². The first-order chi connectivity index (χ1) is 9.31. The van der Waals surface area contributed by atoms with Crippen molar-refractivity contribution in [3.8, 4) is 0 Å². The normalized spacial score (nSPS) is 43.7. The molecule has 2 saturated heterocycles. The Morgan fingerprint density at radius 1 is 1.26 bits per heavy atom. The molecule has 1 saturated carbocycles. The van der Waals surface area contributed by atoms with Gasteiger partial charge in [0.1, 0.15) is 0 Å². The van der Waals surface area contributed by atoms with Crippen molar-refractivity contribution in [1.82, 2.24) is 5.32 Å². The largest absolute Gasteiger partial charge is 0.374 e. The Kier molecular flexibility index (Phi) is 4.76. The summed E-state index contributed by atoms with van der Waals surface area (Å²) >= 11 is 2.10. The van der Waals surface area contributed by atoms with Crippen molar-refractivity contribution in [3.63, 3.8) is 0 Å². The van der Waals surface area contributed by atoms with Gasteiger partial charge < -0.3 is 10.1 Å². The van der Waals surface area contributed by atoms with E-state index in [9.17, 15) is 0 Å². The highest BCUT2D eigenvalue weighted by molar-refractivity contribution is 7.99. The molecule has 19 heavy (non-hydrogen) atoms. The van der Waals surface area contributed by atoms with Gasteiger partial charge >= 0.3 is 0 Å². The van der Waals surface area contributed by atoms with Gasteiger partial charge in [0.15, 0.2) is 0 Å². The van der Waals surface area contributed by atoms with Crippen LogP contribution in [0.1, 0.15) is 51.9 Å². The van der Waals surface area contributed by atoms with Crippen LogP contribution in [-0.2, 0) is 4.74 Å². The van der Waals surface area contributed by atoms with E-state index in [1.54, 1.807) is 0 Å². The predicted octanol–water partition coefficient (Wildman–Crippen LogP) is 3.46. The van der Waals surface area contributed by atoms with E-state index < -0.39 is 0 Å². The smallest absolute Gasteiger partial charge is 0.0783 e. The average Bonchev–Trinajstić information content (AvgIpc) is 2.87. The Hall–Kier alpha value is 0.270. The van der Waals surface area contributed by atoms with E-state index in [-0.39, 0.29) is 5.60 Å². The van der Waals surface area contributed by atoms with Crippen LogP contribution in [0.25, 0.3) is 0 Å². The molecule has 3 fully saturated rings. The summed E-state index contributed by atoms with van der Waals surface area (Å²) in [5.41, 5.74) is 0.277. The Bertz CT molecular complexity index is 288. The SMILES string of the molecule is CCNC1CCCC(C2CCOC3(CCSC3)C2)C1. The number of hydrogen-bond donors (Lipinski definition) is 1. The van der Waals surface area contributed by atoms with Crippen molar-refractivity contribution in [2.24, 2.45) is 11.8 Å². The van der Waals surface area contributed by atoms with E-state index in [4.69, 9.17) is 4.74 Å². The lowest BCUT2D eigenvalue weighted by Gasteiger charge is -2.43. The molecule has 0 radical (unpaired) electrons. The second-order valence-corrected chi connectivity index (χ2v) is 7.87. The molecule has 3 rings (SSSR count). The summed E-state index contributed by atoms with van der Waals surface area (Å²) in [5, 5.41) is 3.68. The highest BCUT2D eigenvalue weighted by Crippen LogP contribution is 2.45. The van der Waals surface area contributed by atoms with Crippen molar-refractivity contribution in [2.45, 2.75) is 63.5 Å². The molecule has 3 aliphatic rings. The van der Waals surface area contributed by atoms with Crippen LogP contribution in [0.2, 0.25) is 0 Å². The minimum absolute atomic E-state index is 0.277. The maximum atomic E-state index is 6.19. The first kappa shape index (κ1) is 14.2. The van der Waals surface area contributed by atoms with Crippen molar-refractivity contribution < 1.29 is 4.74 Å².